The zero-order valence-corrected chi connectivity index (χ0v) is 21.4. The highest BCUT2D eigenvalue weighted by Crippen LogP contribution is 2.41. The van der Waals surface area contributed by atoms with Gasteiger partial charge in [0.2, 0.25) is 0 Å². The number of aliphatic hydroxyl groups is 1. The molecule has 3 aromatic carbocycles. The van der Waals surface area contributed by atoms with Crippen LogP contribution in [-0.4, -0.2) is 41.5 Å². The van der Waals surface area contributed by atoms with Crippen LogP contribution in [0.1, 0.15) is 29.7 Å². The summed E-state index contributed by atoms with van der Waals surface area (Å²) in [5.41, 5.74) is 2.56. The van der Waals surface area contributed by atoms with Crippen LogP contribution in [0.15, 0.2) is 109 Å². The molecular weight excluding hydrogens is 478 g/mol. The molecule has 0 aliphatic carbocycles. The SMILES string of the molecule is C=CCOc1ccc(C2C(C(=O)/C=C/c3ccccc3)=C(O)C(=O)N2CCc2ccccc2)cc1OCC. The third-order valence-corrected chi connectivity index (χ3v) is 6.22. The Balaban J connectivity index is 1.72. The molecule has 1 amide bonds. The number of benzene rings is 3. The highest BCUT2D eigenvalue weighted by Gasteiger charge is 2.43. The minimum Gasteiger partial charge on any atom is -0.503 e. The van der Waals surface area contributed by atoms with Crippen molar-refractivity contribution in [1.82, 2.24) is 4.90 Å². The van der Waals surface area contributed by atoms with Gasteiger partial charge in [-0.05, 0) is 48.2 Å². The second kappa shape index (κ2) is 12.6. The standard InChI is InChI=1S/C32H31NO5/c1-3-21-38-27-18-16-25(22-28(27)37-4-2)30-29(26(34)17-15-23-11-7-5-8-12-23)31(35)32(36)33(30)20-19-24-13-9-6-10-14-24/h3,5-18,22,30,35H,1,4,19-21H2,2H3/b17-15+. The zero-order chi connectivity index (χ0) is 26.9. The number of nitrogens with zero attached hydrogens (tertiary/aromatic N) is 1. The van der Waals surface area contributed by atoms with Crippen molar-refractivity contribution in [3.8, 4) is 11.5 Å². The predicted octanol–water partition coefficient (Wildman–Crippen LogP) is 5.87. The van der Waals surface area contributed by atoms with E-state index in [1.807, 2.05) is 67.6 Å². The summed E-state index contributed by atoms with van der Waals surface area (Å²) in [5, 5.41) is 10.9. The maximum Gasteiger partial charge on any atom is 0.290 e. The van der Waals surface area contributed by atoms with Crippen LogP contribution in [0.3, 0.4) is 0 Å². The summed E-state index contributed by atoms with van der Waals surface area (Å²) in [5.74, 6) is -0.527. The highest BCUT2D eigenvalue weighted by molar-refractivity contribution is 6.14. The fraction of sp³-hybridized carbons (Fsp3) is 0.188. The third kappa shape index (κ3) is 6.03. The van der Waals surface area contributed by atoms with E-state index in [9.17, 15) is 14.7 Å². The van der Waals surface area contributed by atoms with Crippen molar-refractivity contribution in [3.05, 3.63) is 126 Å². The lowest BCUT2D eigenvalue weighted by Crippen LogP contribution is -2.33. The van der Waals surface area contributed by atoms with E-state index < -0.39 is 23.5 Å². The number of hydrogen-bond acceptors (Lipinski definition) is 5. The number of ketones is 1. The summed E-state index contributed by atoms with van der Waals surface area (Å²) in [6.45, 7) is 6.57. The van der Waals surface area contributed by atoms with Gasteiger partial charge in [0.15, 0.2) is 23.0 Å². The molecule has 0 spiro atoms. The van der Waals surface area contributed by atoms with Crippen molar-refractivity contribution in [2.45, 2.75) is 19.4 Å². The third-order valence-electron chi connectivity index (χ3n) is 6.22. The molecule has 194 valence electrons. The van der Waals surface area contributed by atoms with E-state index in [0.717, 1.165) is 11.1 Å². The van der Waals surface area contributed by atoms with Crippen molar-refractivity contribution in [2.24, 2.45) is 0 Å². The van der Waals surface area contributed by atoms with Crippen molar-refractivity contribution >= 4 is 17.8 Å². The first kappa shape index (κ1) is 26.5. The van der Waals surface area contributed by atoms with Gasteiger partial charge in [-0.2, -0.15) is 0 Å². The summed E-state index contributed by atoms with van der Waals surface area (Å²) >= 11 is 0. The topological polar surface area (TPSA) is 76.1 Å². The Morgan fingerprint density at radius 2 is 1.71 bits per heavy atom. The number of carbonyl (C=O) groups is 2. The molecule has 1 atom stereocenters. The fourth-order valence-corrected chi connectivity index (χ4v) is 4.43. The molecule has 1 aliphatic rings. The molecule has 4 rings (SSSR count). The van der Waals surface area contributed by atoms with Crippen molar-refractivity contribution in [1.29, 1.82) is 0 Å². The molecule has 3 aromatic rings. The van der Waals surface area contributed by atoms with E-state index in [1.54, 1.807) is 35.3 Å². The van der Waals surface area contributed by atoms with Crippen LogP contribution in [0.5, 0.6) is 11.5 Å². The Morgan fingerprint density at radius 1 is 1.00 bits per heavy atom. The van der Waals surface area contributed by atoms with E-state index in [-0.39, 0.29) is 5.57 Å². The summed E-state index contributed by atoms with van der Waals surface area (Å²) in [4.78, 5) is 28.3. The number of ether oxygens (including phenoxy) is 2. The number of rotatable bonds is 12. The Labute approximate surface area is 223 Å². The molecule has 0 bridgehead atoms. The number of carbonyl (C=O) groups excluding carboxylic acids is 2. The summed E-state index contributed by atoms with van der Waals surface area (Å²) < 4.78 is 11.5. The van der Waals surface area contributed by atoms with Gasteiger partial charge in [0.25, 0.3) is 5.91 Å². The van der Waals surface area contributed by atoms with E-state index >= 15 is 0 Å². The van der Waals surface area contributed by atoms with E-state index in [0.29, 0.717) is 43.2 Å². The lowest BCUT2D eigenvalue weighted by molar-refractivity contribution is -0.129. The number of allylic oxidation sites excluding steroid dienone is 1. The van der Waals surface area contributed by atoms with Gasteiger partial charge in [-0.1, -0.05) is 85.5 Å². The molecule has 0 radical (unpaired) electrons. The second-order valence-corrected chi connectivity index (χ2v) is 8.75. The van der Waals surface area contributed by atoms with Gasteiger partial charge < -0.3 is 19.5 Å². The Hall–Kier alpha value is -4.58. The predicted molar refractivity (Wildman–Crippen MR) is 148 cm³/mol. The van der Waals surface area contributed by atoms with Crippen LogP contribution in [0, 0.1) is 0 Å². The van der Waals surface area contributed by atoms with E-state index in [4.69, 9.17) is 9.47 Å². The van der Waals surface area contributed by atoms with Gasteiger partial charge in [0.05, 0.1) is 18.2 Å². The number of aliphatic hydroxyl groups excluding tert-OH is 1. The molecule has 1 aliphatic heterocycles. The normalized spacial score (nSPS) is 15.2. The van der Waals surface area contributed by atoms with Crippen molar-refractivity contribution in [2.75, 3.05) is 19.8 Å². The molecule has 1 heterocycles. The second-order valence-electron chi connectivity index (χ2n) is 8.75. The monoisotopic (exact) mass is 509 g/mol. The average molecular weight is 510 g/mol. The highest BCUT2D eigenvalue weighted by atomic mass is 16.5. The largest absolute Gasteiger partial charge is 0.503 e. The molecule has 6 heteroatoms. The van der Waals surface area contributed by atoms with Gasteiger partial charge in [0.1, 0.15) is 6.61 Å². The van der Waals surface area contributed by atoms with Gasteiger partial charge >= 0.3 is 0 Å². The first-order valence-corrected chi connectivity index (χ1v) is 12.6. The number of amides is 1. The Bertz CT molecular complexity index is 1340. The maximum atomic E-state index is 13.4. The quantitative estimate of drug-likeness (QED) is 0.244. The van der Waals surface area contributed by atoms with Gasteiger partial charge in [-0.3, -0.25) is 9.59 Å². The van der Waals surface area contributed by atoms with Crippen LogP contribution in [0.25, 0.3) is 6.08 Å². The molecule has 1 N–H and O–H groups in total. The van der Waals surface area contributed by atoms with E-state index in [1.165, 1.54) is 6.08 Å². The fourth-order valence-electron chi connectivity index (χ4n) is 4.43. The molecule has 6 nitrogen and oxygen atoms in total. The van der Waals surface area contributed by atoms with Crippen molar-refractivity contribution in [3.63, 3.8) is 0 Å². The minimum absolute atomic E-state index is 0.0393. The smallest absolute Gasteiger partial charge is 0.290 e. The first-order chi connectivity index (χ1) is 18.5. The van der Waals surface area contributed by atoms with Crippen LogP contribution >= 0.6 is 0 Å². The first-order valence-electron chi connectivity index (χ1n) is 12.6. The van der Waals surface area contributed by atoms with Gasteiger partial charge in [0, 0.05) is 6.54 Å². The average Bonchev–Trinajstić information content (AvgIpc) is 3.20. The summed E-state index contributed by atoms with van der Waals surface area (Å²) in [7, 11) is 0. The molecule has 0 aromatic heterocycles. The summed E-state index contributed by atoms with van der Waals surface area (Å²) in [6, 6.07) is 23.7. The van der Waals surface area contributed by atoms with Crippen molar-refractivity contribution < 1.29 is 24.2 Å². The molecule has 1 unspecified atom stereocenters. The van der Waals surface area contributed by atoms with Gasteiger partial charge in [-0.15, -0.1) is 0 Å². The molecule has 0 saturated heterocycles. The zero-order valence-electron chi connectivity index (χ0n) is 21.4. The summed E-state index contributed by atoms with van der Waals surface area (Å²) in [6.07, 6.45) is 5.28. The van der Waals surface area contributed by atoms with Gasteiger partial charge in [-0.25, -0.2) is 0 Å². The Kier molecular flexibility index (Phi) is 8.77. The number of hydrogen-bond donors (Lipinski definition) is 1. The Morgan fingerprint density at radius 3 is 2.39 bits per heavy atom. The van der Waals surface area contributed by atoms with Crippen LogP contribution < -0.4 is 9.47 Å². The lowest BCUT2D eigenvalue weighted by Gasteiger charge is -2.27. The van der Waals surface area contributed by atoms with Crippen LogP contribution in [0.2, 0.25) is 0 Å². The minimum atomic E-state index is -0.785. The lowest BCUT2D eigenvalue weighted by atomic mass is 9.95. The molecular formula is C32H31NO5. The van der Waals surface area contributed by atoms with Crippen LogP contribution in [-0.2, 0) is 16.0 Å². The van der Waals surface area contributed by atoms with Crippen LogP contribution in [0.4, 0.5) is 0 Å². The van der Waals surface area contributed by atoms with E-state index in [2.05, 4.69) is 6.58 Å². The maximum absolute atomic E-state index is 13.4. The molecule has 0 saturated carbocycles. The molecule has 0 fully saturated rings. The molecule has 38 heavy (non-hydrogen) atoms.